The average molecular weight is 328 g/mol. The molecule has 0 spiro atoms. The number of benzene rings is 1. The van der Waals surface area contributed by atoms with E-state index in [0.29, 0.717) is 13.1 Å². The molecule has 24 heavy (non-hydrogen) atoms. The van der Waals surface area contributed by atoms with Gasteiger partial charge < -0.3 is 14.6 Å². The van der Waals surface area contributed by atoms with Gasteiger partial charge in [-0.25, -0.2) is 0 Å². The number of furan rings is 1. The lowest BCUT2D eigenvalue weighted by molar-refractivity contribution is -0.116. The first-order chi connectivity index (χ1) is 11.6. The van der Waals surface area contributed by atoms with Crippen molar-refractivity contribution in [2.45, 2.75) is 33.6 Å². The van der Waals surface area contributed by atoms with Crippen molar-refractivity contribution in [2.24, 2.45) is 0 Å². The molecule has 1 aromatic carbocycles. The zero-order valence-electron chi connectivity index (χ0n) is 14.5. The normalized spacial score (nSPS) is 10.5. The number of amides is 2. The SMILES string of the molecule is CCc1cccc(CC)c1N(CCNC(=O)c1ccco1)C(C)=O. The molecule has 5 nitrogen and oxygen atoms in total. The molecular weight excluding hydrogens is 304 g/mol. The van der Waals surface area contributed by atoms with Crippen LogP contribution < -0.4 is 10.2 Å². The van der Waals surface area contributed by atoms with Crippen molar-refractivity contribution in [2.75, 3.05) is 18.0 Å². The zero-order chi connectivity index (χ0) is 17.5. The third-order valence-electron chi connectivity index (χ3n) is 3.98. The summed E-state index contributed by atoms with van der Waals surface area (Å²) in [5, 5.41) is 2.79. The van der Waals surface area contributed by atoms with Crippen LogP contribution in [0, 0.1) is 0 Å². The van der Waals surface area contributed by atoms with Crippen LogP contribution in [-0.4, -0.2) is 24.9 Å². The van der Waals surface area contributed by atoms with E-state index in [0.717, 1.165) is 29.7 Å². The molecule has 0 aliphatic carbocycles. The second kappa shape index (κ2) is 8.34. The molecule has 2 aromatic rings. The van der Waals surface area contributed by atoms with Crippen LogP contribution in [0.1, 0.15) is 42.5 Å². The lowest BCUT2D eigenvalue weighted by atomic mass is 10.0. The molecule has 1 aromatic heterocycles. The summed E-state index contributed by atoms with van der Waals surface area (Å²) >= 11 is 0. The van der Waals surface area contributed by atoms with Crippen molar-refractivity contribution < 1.29 is 14.0 Å². The van der Waals surface area contributed by atoms with Gasteiger partial charge in [-0.1, -0.05) is 32.0 Å². The van der Waals surface area contributed by atoms with Crippen molar-refractivity contribution in [1.29, 1.82) is 0 Å². The lowest BCUT2D eigenvalue weighted by Gasteiger charge is -2.26. The van der Waals surface area contributed by atoms with Gasteiger partial charge in [0.15, 0.2) is 5.76 Å². The van der Waals surface area contributed by atoms with E-state index >= 15 is 0 Å². The monoisotopic (exact) mass is 328 g/mol. The van der Waals surface area contributed by atoms with Crippen molar-refractivity contribution >= 4 is 17.5 Å². The molecule has 2 rings (SSSR count). The first kappa shape index (κ1) is 17.8. The Morgan fingerprint density at radius 3 is 2.25 bits per heavy atom. The molecule has 5 heteroatoms. The number of rotatable bonds is 7. The maximum absolute atomic E-state index is 12.2. The van der Waals surface area contributed by atoms with Crippen molar-refractivity contribution in [3.05, 3.63) is 53.5 Å². The van der Waals surface area contributed by atoms with Gasteiger partial charge in [-0.15, -0.1) is 0 Å². The highest BCUT2D eigenvalue weighted by Crippen LogP contribution is 2.27. The van der Waals surface area contributed by atoms with E-state index in [9.17, 15) is 9.59 Å². The van der Waals surface area contributed by atoms with Crippen LogP contribution >= 0.6 is 0 Å². The third-order valence-corrected chi connectivity index (χ3v) is 3.98. The predicted octanol–water partition coefficient (Wildman–Crippen LogP) is 3.19. The van der Waals surface area contributed by atoms with E-state index in [1.165, 1.54) is 6.26 Å². The second-order valence-electron chi connectivity index (χ2n) is 5.54. The first-order valence-corrected chi connectivity index (χ1v) is 8.29. The van der Waals surface area contributed by atoms with Crippen LogP contribution in [0.4, 0.5) is 5.69 Å². The maximum Gasteiger partial charge on any atom is 0.287 e. The number of carbonyl (C=O) groups excluding carboxylic acids is 2. The molecule has 128 valence electrons. The number of para-hydroxylation sites is 1. The summed E-state index contributed by atoms with van der Waals surface area (Å²) in [4.78, 5) is 25.9. The van der Waals surface area contributed by atoms with Gasteiger partial charge in [0, 0.05) is 20.0 Å². The second-order valence-corrected chi connectivity index (χ2v) is 5.54. The van der Waals surface area contributed by atoms with Gasteiger partial charge in [-0.05, 0) is 36.1 Å². The van der Waals surface area contributed by atoms with Crippen molar-refractivity contribution in [3.8, 4) is 0 Å². The highest BCUT2D eigenvalue weighted by molar-refractivity contribution is 5.94. The summed E-state index contributed by atoms with van der Waals surface area (Å²) in [6.45, 7) is 6.50. The Hall–Kier alpha value is -2.56. The molecule has 0 radical (unpaired) electrons. The minimum atomic E-state index is -0.275. The summed E-state index contributed by atoms with van der Waals surface area (Å²) < 4.78 is 5.07. The summed E-state index contributed by atoms with van der Waals surface area (Å²) in [6, 6.07) is 9.40. The number of hydrogen-bond acceptors (Lipinski definition) is 3. The molecule has 0 saturated heterocycles. The van der Waals surface area contributed by atoms with Gasteiger partial charge >= 0.3 is 0 Å². The Bertz CT molecular complexity index is 670. The van der Waals surface area contributed by atoms with Gasteiger partial charge in [0.05, 0.1) is 12.0 Å². The highest BCUT2D eigenvalue weighted by Gasteiger charge is 2.18. The van der Waals surface area contributed by atoms with E-state index in [1.807, 2.05) is 18.2 Å². The van der Waals surface area contributed by atoms with Gasteiger partial charge in [-0.2, -0.15) is 0 Å². The standard InChI is InChI=1S/C19H24N2O3/c1-4-15-8-6-9-16(5-2)18(15)21(14(3)22)12-11-20-19(23)17-10-7-13-24-17/h6-10,13H,4-5,11-12H2,1-3H3,(H,20,23). The van der Waals surface area contributed by atoms with E-state index in [1.54, 1.807) is 24.0 Å². The van der Waals surface area contributed by atoms with Crippen molar-refractivity contribution in [1.82, 2.24) is 5.32 Å². The molecule has 0 fully saturated rings. The Balaban J connectivity index is 2.13. The van der Waals surface area contributed by atoms with Crippen LogP contribution in [0.2, 0.25) is 0 Å². The summed E-state index contributed by atoms with van der Waals surface area (Å²) in [6.07, 6.45) is 3.17. The highest BCUT2D eigenvalue weighted by atomic mass is 16.3. The minimum absolute atomic E-state index is 0.0298. The van der Waals surface area contributed by atoms with Crippen LogP contribution in [0.15, 0.2) is 41.0 Å². The molecule has 0 bridgehead atoms. The minimum Gasteiger partial charge on any atom is -0.459 e. The fourth-order valence-corrected chi connectivity index (χ4v) is 2.76. The fraction of sp³-hybridized carbons (Fsp3) is 0.368. The van der Waals surface area contributed by atoms with E-state index < -0.39 is 0 Å². The number of aryl methyl sites for hydroxylation is 2. The van der Waals surface area contributed by atoms with Gasteiger partial charge in [0.2, 0.25) is 5.91 Å². The number of nitrogens with zero attached hydrogens (tertiary/aromatic N) is 1. The Kier molecular flexibility index (Phi) is 6.18. The zero-order valence-corrected chi connectivity index (χ0v) is 14.5. The first-order valence-electron chi connectivity index (χ1n) is 8.29. The molecule has 0 atom stereocenters. The van der Waals surface area contributed by atoms with Gasteiger partial charge in [0.1, 0.15) is 0 Å². The third kappa shape index (κ3) is 4.04. The Morgan fingerprint density at radius 1 is 1.08 bits per heavy atom. The molecule has 2 amide bonds. The van der Waals surface area contributed by atoms with Crippen LogP contribution in [0.25, 0.3) is 0 Å². The quantitative estimate of drug-likeness (QED) is 0.849. The molecular formula is C19H24N2O3. The molecule has 0 saturated carbocycles. The number of nitrogens with one attached hydrogen (secondary N) is 1. The topological polar surface area (TPSA) is 62.6 Å². The van der Waals surface area contributed by atoms with Crippen molar-refractivity contribution in [3.63, 3.8) is 0 Å². The predicted molar refractivity (Wildman–Crippen MR) is 94.3 cm³/mol. The van der Waals surface area contributed by atoms with E-state index in [-0.39, 0.29) is 17.6 Å². The lowest BCUT2D eigenvalue weighted by Crippen LogP contribution is -2.38. The average Bonchev–Trinajstić information content (AvgIpc) is 3.12. The number of carbonyl (C=O) groups is 2. The summed E-state index contributed by atoms with van der Waals surface area (Å²) in [5.41, 5.74) is 3.26. The van der Waals surface area contributed by atoms with E-state index in [4.69, 9.17) is 4.42 Å². The van der Waals surface area contributed by atoms with Crippen LogP contribution in [-0.2, 0) is 17.6 Å². The number of anilines is 1. The summed E-state index contributed by atoms with van der Waals surface area (Å²) in [7, 11) is 0. The smallest absolute Gasteiger partial charge is 0.287 e. The molecule has 0 aliphatic heterocycles. The van der Waals surface area contributed by atoms with E-state index in [2.05, 4.69) is 19.2 Å². The summed E-state index contributed by atoms with van der Waals surface area (Å²) in [5.74, 6) is -0.0339. The largest absolute Gasteiger partial charge is 0.459 e. The molecule has 0 aliphatic rings. The van der Waals surface area contributed by atoms with Crippen LogP contribution in [0.3, 0.4) is 0 Å². The Labute approximate surface area is 142 Å². The fourth-order valence-electron chi connectivity index (χ4n) is 2.76. The van der Waals surface area contributed by atoms with Gasteiger partial charge in [0.25, 0.3) is 5.91 Å². The molecule has 0 unspecified atom stereocenters. The Morgan fingerprint density at radius 2 is 1.75 bits per heavy atom. The maximum atomic E-state index is 12.2. The molecule has 1 N–H and O–H groups in total. The molecule has 1 heterocycles. The van der Waals surface area contributed by atoms with Crippen LogP contribution in [0.5, 0.6) is 0 Å². The number of hydrogen-bond donors (Lipinski definition) is 1. The van der Waals surface area contributed by atoms with Gasteiger partial charge in [-0.3, -0.25) is 9.59 Å².